The number of pyridine rings is 1. The highest BCUT2D eigenvalue weighted by molar-refractivity contribution is 5.83. The van der Waals surface area contributed by atoms with Gasteiger partial charge in [-0.2, -0.15) is 0 Å². The van der Waals surface area contributed by atoms with Crippen molar-refractivity contribution in [3.63, 3.8) is 0 Å². The van der Waals surface area contributed by atoms with E-state index in [1.165, 1.54) is 0 Å². The molecule has 4 heteroatoms. The number of rotatable bonds is 4. The highest BCUT2D eigenvalue weighted by Crippen LogP contribution is 2.32. The van der Waals surface area contributed by atoms with Gasteiger partial charge in [0, 0.05) is 17.6 Å². The lowest BCUT2D eigenvalue weighted by Gasteiger charge is -2.34. The fraction of sp³-hybridized carbons (Fsp3) is 0.389. The van der Waals surface area contributed by atoms with Crippen LogP contribution >= 0.6 is 0 Å². The summed E-state index contributed by atoms with van der Waals surface area (Å²) < 4.78 is 5.30. The zero-order valence-corrected chi connectivity index (χ0v) is 12.8. The van der Waals surface area contributed by atoms with Crippen LogP contribution in [-0.2, 0) is 0 Å². The third-order valence-corrected chi connectivity index (χ3v) is 4.50. The fourth-order valence-corrected chi connectivity index (χ4v) is 3.27. The Bertz CT molecular complexity index is 671. The molecule has 0 aliphatic carbocycles. The van der Waals surface area contributed by atoms with Crippen molar-refractivity contribution in [3.8, 4) is 5.75 Å². The maximum atomic E-state index is 10.9. The molecule has 4 nitrogen and oxygen atoms in total. The first-order valence-corrected chi connectivity index (χ1v) is 7.71. The molecule has 0 spiro atoms. The number of aromatic nitrogens is 1. The Labute approximate surface area is 130 Å². The molecule has 2 unspecified atom stereocenters. The first-order chi connectivity index (χ1) is 10.7. The van der Waals surface area contributed by atoms with Crippen molar-refractivity contribution in [2.75, 3.05) is 13.7 Å². The lowest BCUT2D eigenvalue weighted by Crippen LogP contribution is -2.44. The molecule has 2 heterocycles. The second-order valence-corrected chi connectivity index (χ2v) is 5.75. The summed E-state index contributed by atoms with van der Waals surface area (Å²) in [5, 5.41) is 15.3. The van der Waals surface area contributed by atoms with E-state index >= 15 is 0 Å². The van der Waals surface area contributed by atoms with Gasteiger partial charge in [0.25, 0.3) is 0 Å². The normalized spacial score (nSPS) is 23.2. The van der Waals surface area contributed by atoms with Gasteiger partial charge in [-0.3, -0.25) is 4.98 Å². The number of aliphatic hydroxyl groups excluding tert-OH is 1. The van der Waals surface area contributed by atoms with Gasteiger partial charge in [-0.1, -0.05) is 6.08 Å². The van der Waals surface area contributed by atoms with Crippen LogP contribution in [0.1, 0.15) is 24.5 Å². The van der Waals surface area contributed by atoms with Crippen LogP contribution < -0.4 is 10.1 Å². The predicted molar refractivity (Wildman–Crippen MR) is 88.0 cm³/mol. The summed E-state index contributed by atoms with van der Waals surface area (Å²) in [6.07, 6.45) is 5.28. The fourth-order valence-electron chi connectivity index (χ4n) is 3.27. The van der Waals surface area contributed by atoms with Crippen molar-refractivity contribution < 1.29 is 9.84 Å². The van der Waals surface area contributed by atoms with E-state index in [2.05, 4.69) is 16.9 Å². The standard InChI is InChI=1S/C18H22N2O2/c1-3-12-5-4-9-20-17(12)18(21)14-8-10-19-16-7-6-13(22-2)11-15(14)16/h3,6-8,10-12,17-18,20-21H,1,4-5,9H2,2H3/t12?,17?,18-/m1/s1. The van der Waals surface area contributed by atoms with Crippen LogP contribution in [0.4, 0.5) is 0 Å². The van der Waals surface area contributed by atoms with Gasteiger partial charge >= 0.3 is 0 Å². The van der Waals surface area contributed by atoms with Crippen molar-refractivity contribution in [3.05, 3.63) is 48.7 Å². The minimum absolute atomic E-state index is 0.0111. The summed E-state index contributed by atoms with van der Waals surface area (Å²) in [5.74, 6) is 1.04. The number of fused-ring (bicyclic) bond motifs is 1. The number of nitrogens with zero attached hydrogens (tertiary/aromatic N) is 1. The van der Waals surface area contributed by atoms with Crippen LogP contribution in [0.5, 0.6) is 5.75 Å². The molecule has 1 aliphatic rings. The number of ether oxygens (including phenoxy) is 1. The topological polar surface area (TPSA) is 54.4 Å². The molecule has 1 fully saturated rings. The van der Waals surface area contributed by atoms with Crippen LogP contribution in [0, 0.1) is 5.92 Å². The molecule has 0 radical (unpaired) electrons. The quantitative estimate of drug-likeness (QED) is 0.852. The van der Waals surface area contributed by atoms with Gasteiger partial charge in [-0.25, -0.2) is 0 Å². The highest BCUT2D eigenvalue weighted by Gasteiger charge is 2.30. The van der Waals surface area contributed by atoms with E-state index in [1.807, 2.05) is 30.3 Å². The Kier molecular flexibility index (Phi) is 4.41. The summed E-state index contributed by atoms with van der Waals surface area (Å²) in [6.45, 7) is 4.85. The average molecular weight is 298 g/mol. The number of aliphatic hydroxyl groups is 1. The molecular formula is C18H22N2O2. The first kappa shape index (κ1) is 15.0. The largest absolute Gasteiger partial charge is 0.497 e. The summed E-state index contributed by atoms with van der Waals surface area (Å²) in [7, 11) is 1.64. The van der Waals surface area contributed by atoms with E-state index in [1.54, 1.807) is 13.3 Å². The highest BCUT2D eigenvalue weighted by atomic mass is 16.5. The predicted octanol–water partition coefficient (Wildman–Crippen LogP) is 2.83. The van der Waals surface area contributed by atoms with Gasteiger partial charge in [0.1, 0.15) is 5.75 Å². The molecule has 0 saturated carbocycles. The van der Waals surface area contributed by atoms with Gasteiger partial charge in [-0.05, 0) is 55.1 Å². The van der Waals surface area contributed by atoms with Crippen LogP contribution in [0.2, 0.25) is 0 Å². The minimum Gasteiger partial charge on any atom is -0.497 e. The average Bonchev–Trinajstić information content (AvgIpc) is 2.60. The minimum atomic E-state index is -0.596. The van der Waals surface area contributed by atoms with Gasteiger partial charge < -0.3 is 15.2 Å². The molecule has 1 aliphatic heterocycles. The van der Waals surface area contributed by atoms with Crippen molar-refractivity contribution >= 4 is 10.9 Å². The van der Waals surface area contributed by atoms with Crippen molar-refractivity contribution in [1.29, 1.82) is 0 Å². The number of benzene rings is 1. The third-order valence-electron chi connectivity index (χ3n) is 4.50. The van der Waals surface area contributed by atoms with Gasteiger partial charge in [-0.15, -0.1) is 6.58 Å². The van der Waals surface area contributed by atoms with Crippen LogP contribution in [0.25, 0.3) is 10.9 Å². The Morgan fingerprint density at radius 2 is 2.32 bits per heavy atom. The summed E-state index contributed by atoms with van der Waals surface area (Å²) in [6, 6.07) is 7.62. The molecular weight excluding hydrogens is 276 g/mol. The number of hydrogen-bond donors (Lipinski definition) is 2. The van der Waals surface area contributed by atoms with Crippen molar-refractivity contribution in [2.24, 2.45) is 5.92 Å². The van der Waals surface area contributed by atoms with Gasteiger partial charge in [0.2, 0.25) is 0 Å². The molecule has 116 valence electrons. The Morgan fingerprint density at radius 1 is 1.45 bits per heavy atom. The Balaban J connectivity index is 2.02. The number of methoxy groups -OCH3 is 1. The molecule has 2 aromatic rings. The molecule has 0 bridgehead atoms. The third kappa shape index (κ3) is 2.72. The summed E-state index contributed by atoms with van der Waals surface area (Å²) in [5.41, 5.74) is 1.75. The number of piperidine rings is 1. The maximum Gasteiger partial charge on any atom is 0.119 e. The SMILES string of the molecule is C=CC1CCCNC1[C@H](O)c1ccnc2ccc(OC)cc12. The van der Waals surface area contributed by atoms with Crippen molar-refractivity contribution in [2.45, 2.75) is 25.0 Å². The molecule has 1 saturated heterocycles. The first-order valence-electron chi connectivity index (χ1n) is 7.71. The zero-order chi connectivity index (χ0) is 15.5. The van der Waals surface area contributed by atoms with E-state index in [4.69, 9.17) is 4.74 Å². The van der Waals surface area contributed by atoms with Crippen LogP contribution in [0.15, 0.2) is 43.1 Å². The Morgan fingerprint density at radius 3 is 3.09 bits per heavy atom. The lowest BCUT2D eigenvalue weighted by atomic mass is 9.84. The lowest BCUT2D eigenvalue weighted by molar-refractivity contribution is 0.0950. The molecule has 1 aromatic carbocycles. The Hall–Kier alpha value is -1.91. The van der Waals surface area contributed by atoms with Crippen LogP contribution in [0.3, 0.4) is 0 Å². The zero-order valence-electron chi connectivity index (χ0n) is 12.8. The molecule has 1 aromatic heterocycles. The molecule has 0 amide bonds. The van der Waals surface area contributed by atoms with E-state index in [0.29, 0.717) is 0 Å². The summed E-state index contributed by atoms with van der Waals surface area (Å²) >= 11 is 0. The van der Waals surface area contributed by atoms with Gasteiger partial charge in [0.15, 0.2) is 0 Å². The maximum absolute atomic E-state index is 10.9. The smallest absolute Gasteiger partial charge is 0.119 e. The van der Waals surface area contributed by atoms with E-state index in [0.717, 1.165) is 41.6 Å². The molecule has 2 N–H and O–H groups in total. The number of nitrogens with one attached hydrogen (secondary N) is 1. The van der Waals surface area contributed by atoms with E-state index in [-0.39, 0.29) is 12.0 Å². The number of hydrogen-bond acceptors (Lipinski definition) is 4. The molecule has 3 rings (SSSR count). The van der Waals surface area contributed by atoms with Crippen molar-refractivity contribution in [1.82, 2.24) is 10.3 Å². The van der Waals surface area contributed by atoms with Crippen LogP contribution in [-0.4, -0.2) is 29.8 Å². The molecule has 22 heavy (non-hydrogen) atoms. The second-order valence-electron chi connectivity index (χ2n) is 5.75. The summed E-state index contributed by atoms with van der Waals surface area (Å²) in [4.78, 5) is 4.38. The monoisotopic (exact) mass is 298 g/mol. The van der Waals surface area contributed by atoms with Gasteiger partial charge in [0.05, 0.1) is 18.7 Å². The molecule has 3 atom stereocenters. The van der Waals surface area contributed by atoms with E-state index in [9.17, 15) is 5.11 Å². The van der Waals surface area contributed by atoms with E-state index < -0.39 is 6.10 Å². The second kappa shape index (κ2) is 6.46.